The lowest BCUT2D eigenvalue weighted by atomic mass is 10.2. The zero-order chi connectivity index (χ0) is 8.27. The van der Waals surface area contributed by atoms with Gasteiger partial charge in [-0.25, -0.2) is 4.39 Å². The zero-order valence-electron chi connectivity index (χ0n) is 6.25. The van der Waals surface area contributed by atoms with Crippen LogP contribution in [0, 0.1) is 0 Å². The highest BCUT2D eigenvalue weighted by Gasteiger charge is 2.07. The predicted octanol–water partition coefficient (Wildman–Crippen LogP) is 1.62. The van der Waals surface area contributed by atoms with Gasteiger partial charge in [-0.05, 0) is 6.07 Å². The van der Waals surface area contributed by atoms with Crippen LogP contribution in [0.3, 0.4) is 0 Å². The molecule has 0 aromatic heterocycles. The fourth-order valence-electron chi connectivity index (χ4n) is 0.894. The molecule has 11 heavy (non-hydrogen) atoms. The molecule has 1 atom stereocenters. The summed E-state index contributed by atoms with van der Waals surface area (Å²) < 4.78 is 17.5. The highest BCUT2D eigenvalue weighted by atomic mass is 19.1. The van der Waals surface area contributed by atoms with E-state index in [4.69, 9.17) is 10.5 Å². The van der Waals surface area contributed by atoms with E-state index in [2.05, 4.69) is 0 Å². The lowest BCUT2D eigenvalue weighted by Crippen LogP contribution is -2.04. The van der Waals surface area contributed by atoms with Crippen LogP contribution < -0.4 is 10.5 Å². The number of hydrogen-bond acceptors (Lipinski definition) is 2. The highest BCUT2D eigenvalue weighted by molar-refractivity contribution is 5.34. The van der Waals surface area contributed by atoms with E-state index in [0.717, 1.165) is 0 Å². The van der Waals surface area contributed by atoms with Crippen LogP contribution in [-0.4, -0.2) is 7.11 Å². The molecule has 1 aromatic carbocycles. The molecule has 0 aliphatic carbocycles. The van der Waals surface area contributed by atoms with Crippen molar-refractivity contribution in [1.82, 2.24) is 0 Å². The second-order valence-electron chi connectivity index (χ2n) is 2.14. The summed E-state index contributed by atoms with van der Waals surface area (Å²) in [5.41, 5.74) is 5.43. The molecule has 0 saturated carbocycles. The quantitative estimate of drug-likeness (QED) is 0.658. The number of methoxy groups -OCH3 is 1. The molecule has 1 rings (SSSR count). The predicted molar refractivity (Wildman–Crippen MR) is 41.0 cm³/mol. The number of benzene rings is 1. The fraction of sp³-hybridized carbons (Fsp3) is 0.250. The first-order valence-electron chi connectivity index (χ1n) is 3.28. The van der Waals surface area contributed by atoms with Gasteiger partial charge in [0, 0.05) is 5.56 Å². The van der Waals surface area contributed by atoms with Gasteiger partial charge in [0.1, 0.15) is 5.75 Å². The molecular formula is C8H10FNO. The van der Waals surface area contributed by atoms with Gasteiger partial charge >= 0.3 is 0 Å². The van der Waals surface area contributed by atoms with Crippen LogP contribution in [0.1, 0.15) is 11.9 Å². The number of halogens is 1. The maximum Gasteiger partial charge on any atom is 0.178 e. The van der Waals surface area contributed by atoms with Gasteiger partial charge in [-0.1, -0.05) is 18.2 Å². The summed E-state index contributed by atoms with van der Waals surface area (Å²) in [6.45, 7) is 0. The molecule has 1 unspecified atom stereocenters. The Kier molecular flexibility index (Phi) is 2.44. The van der Waals surface area contributed by atoms with E-state index in [1.54, 1.807) is 24.3 Å². The van der Waals surface area contributed by atoms with Crippen LogP contribution in [-0.2, 0) is 0 Å². The molecule has 0 fully saturated rings. The summed E-state index contributed by atoms with van der Waals surface area (Å²) in [7, 11) is 1.49. The summed E-state index contributed by atoms with van der Waals surface area (Å²) in [6, 6.07) is 6.76. The molecule has 0 spiro atoms. The summed E-state index contributed by atoms with van der Waals surface area (Å²) >= 11 is 0. The lowest BCUT2D eigenvalue weighted by Gasteiger charge is -2.07. The third-order valence-corrected chi connectivity index (χ3v) is 1.44. The SMILES string of the molecule is COc1ccccc1C(N)F. The van der Waals surface area contributed by atoms with Crippen molar-refractivity contribution in [2.24, 2.45) is 5.73 Å². The molecule has 0 radical (unpaired) electrons. The van der Waals surface area contributed by atoms with Crippen molar-refractivity contribution in [2.45, 2.75) is 6.30 Å². The zero-order valence-corrected chi connectivity index (χ0v) is 6.25. The molecule has 0 aliphatic heterocycles. The topological polar surface area (TPSA) is 35.2 Å². The average Bonchev–Trinajstić information content (AvgIpc) is 2.04. The number of alkyl halides is 1. The Balaban J connectivity index is 3.02. The molecule has 0 amide bonds. The van der Waals surface area contributed by atoms with E-state index in [0.29, 0.717) is 11.3 Å². The summed E-state index contributed by atoms with van der Waals surface area (Å²) in [5.74, 6) is 0.488. The number of rotatable bonds is 2. The van der Waals surface area contributed by atoms with Gasteiger partial charge in [0.2, 0.25) is 0 Å². The van der Waals surface area contributed by atoms with Gasteiger partial charge in [0.05, 0.1) is 7.11 Å². The fourth-order valence-corrected chi connectivity index (χ4v) is 0.894. The van der Waals surface area contributed by atoms with E-state index >= 15 is 0 Å². The monoisotopic (exact) mass is 155 g/mol. The van der Waals surface area contributed by atoms with Crippen molar-refractivity contribution in [3.63, 3.8) is 0 Å². The van der Waals surface area contributed by atoms with Crippen molar-refractivity contribution in [2.75, 3.05) is 7.11 Å². The van der Waals surface area contributed by atoms with Crippen LogP contribution in [0.4, 0.5) is 4.39 Å². The Bertz CT molecular complexity index is 237. The Morgan fingerprint density at radius 3 is 2.55 bits per heavy atom. The van der Waals surface area contributed by atoms with Crippen LogP contribution in [0.25, 0.3) is 0 Å². The summed E-state index contributed by atoms with van der Waals surface area (Å²) in [4.78, 5) is 0. The van der Waals surface area contributed by atoms with Gasteiger partial charge in [-0.15, -0.1) is 0 Å². The van der Waals surface area contributed by atoms with E-state index in [-0.39, 0.29) is 0 Å². The van der Waals surface area contributed by atoms with E-state index in [1.165, 1.54) is 7.11 Å². The molecule has 2 nitrogen and oxygen atoms in total. The van der Waals surface area contributed by atoms with Crippen molar-refractivity contribution >= 4 is 0 Å². The highest BCUT2D eigenvalue weighted by Crippen LogP contribution is 2.23. The summed E-state index contributed by atoms with van der Waals surface area (Å²) in [6.07, 6.45) is -1.47. The van der Waals surface area contributed by atoms with Crippen molar-refractivity contribution in [3.05, 3.63) is 29.8 Å². The van der Waals surface area contributed by atoms with Crippen LogP contribution in [0.2, 0.25) is 0 Å². The Hall–Kier alpha value is -1.09. The number of para-hydroxylation sites is 1. The molecule has 0 heterocycles. The smallest absolute Gasteiger partial charge is 0.178 e. The third kappa shape index (κ3) is 1.68. The summed E-state index contributed by atoms with van der Waals surface area (Å²) in [5, 5.41) is 0. The van der Waals surface area contributed by atoms with Gasteiger partial charge < -0.3 is 4.74 Å². The maximum absolute atomic E-state index is 12.6. The molecule has 0 aliphatic rings. The largest absolute Gasteiger partial charge is 0.496 e. The van der Waals surface area contributed by atoms with Gasteiger partial charge in [-0.3, -0.25) is 5.73 Å². The second kappa shape index (κ2) is 3.34. The molecular weight excluding hydrogens is 145 g/mol. The Morgan fingerprint density at radius 1 is 1.45 bits per heavy atom. The number of nitrogens with two attached hydrogens (primary N) is 1. The van der Waals surface area contributed by atoms with E-state index in [1.807, 2.05) is 0 Å². The van der Waals surface area contributed by atoms with Gasteiger partial charge in [0.25, 0.3) is 0 Å². The lowest BCUT2D eigenvalue weighted by molar-refractivity contribution is 0.333. The normalized spacial score (nSPS) is 12.6. The van der Waals surface area contributed by atoms with Gasteiger partial charge in [0.15, 0.2) is 6.30 Å². The van der Waals surface area contributed by atoms with Crippen LogP contribution in [0.5, 0.6) is 5.75 Å². The number of hydrogen-bond donors (Lipinski definition) is 1. The first kappa shape index (κ1) is 8.01. The molecule has 2 N–H and O–H groups in total. The second-order valence-corrected chi connectivity index (χ2v) is 2.14. The Labute approximate surface area is 64.8 Å². The first-order chi connectivity index (χ1) is 5.25. The van der Waals surface area contributed by atoms with Crippen molar-refractivity contribution in [3.8, 4) is 5.75 Å². The minimum absolute atomic E-state index is 0.384. The Morgan fingerprint density at radius 2 is 2.09 bits per heavy atom. The standard InChI is InChI=1S/C8H10FNO/c1-11-7-5-3-2-4-6(7)8(9)10/h2-5,8H,10H2,1H3. The van der Waals surface area contributed by atoms with Gasteiger partial charge in [-0.2, -0.15) is 0 Å². The molecule has 60 valence electrons. The van der Waals surface area contributed by atoms with Crippen molar-refractivity contribution in [1.29, 1.82) is 0 Å². The third-order valence-electron chi connectivity index (χ3n) is 1.44. The maximum atomic E-state index is 12.6. The molecule has 3 heteroatoms. The van der Waals surface area contributed by atoms with Crippen molar-refractivity contribution < 1.29 is 9.13 Å². The molecule has 1 aromatic rings. The van der Waals surface area contributed by atoms with E-state index in [9.17, 15) is 4.39 Å². The molecule has 0 saturated heterocycles. The minimum atomic E-state index is -1.47. The van der Waals surface area contributed by atoms with Crippen LogP contribution >= 0.6 is 0 Å². The first-order valence-corrected chi connectivity index (χ1v) is 3.28. The average molecular weight is 155 g/mol. The number of ether oxygens (including phenoxy) is 1. The molecule has 0 bridgehead atoms. The van der Waals surface area contributed by atoms with E-state index < -0.39 is 6.30 Å². The van der Waals surface area contributed by atoms with Crippen LogP contribution in [0.15, 0.2) is 24.3 Å². The minimum Gasteiger partial charge on any atom is -0.496 e.